The van der Waals surface area contributed by atoms with E-state index in [9.17, 15) is 4.79 Å². The smallest absolute Gasteiger partial charge is 0.268 e. The zero-order valence-electron chi connectivity index (χ0n) is 11.2. The zero-order chi connectivity index (χ0) is 13.0. The van der Waals surface area contributed by atoms with Gasteiger partial charge in [-0.1, -0.05) is 13.3 Å². The van der Waals surface area contributed by atoms with Crippen LogP contribution in [0.15, 0.2) is 10.9 Å². The third-order valence-electron chi connectivity index (χ3n) is 3.22. The highest BCUT2D eigenvalue weighted by Gasteiger charge is 2.19. The normalized spacial score (nSPS) is 15.1. The van der Waals surface area contributed by atoms with Crippen molar-refractivity contribution >= 4 is 5.69 Å². The molecule has 0 aliphatic carbocycles. The Morgan fingerprint density at radius 3 is 2.78 bits per heavy atom. The van der Waals surface area contributed by atoms with Gasteiger partial charge in [0.25, 0.3) is 11.4 Å². The van der Waals surface area contributed by atoms with Gasteiger partial charge in [-0.2, -0.15) is 0 Å². The van der Waals surface area contributed by atoms with E-state index < -0.39 is 0 Å². The first-order chi connectivity index (χ1) is 8.72. The molecule has 2 rings (SSSR count). The number of nitrogens with zero attached hydrogens (tertiary/aromatic N) is 3. The molecule has 0 bridgehead atoms. The second-order valence-electron chi connectivity index (χ2n) is 4.69. The fourth-order valence-corrected chi connectivity index (χ4v) is 2.11. The molecule has 1 fully saturated rings. The van der Waals surface area contributed by atoms with E-state index in [1.165, 1.54) is 17.5 Å². The molecule has 0 amide bonds. The van der Waals surface area contributed by atoms with Crippen LogP contribution in [0.2, 0.25) is 0 Å². The Morgan fingerprint density at radius 1 is 1.39 bits per heavy atom. The molecule has 1 saturated heterocycles. The molecule has 1 aliphatic heterocycles. The number of rotatable bonds is 5. The maximum atomic E-state index is 11.7. The number of aryl methyl sites for hydroxylation is 1. The Labute approximate surface area is 107 Å². The number of hydrogen-bond acceptors (Lipinski definition) is 4. The molecule has 0 saturated carbocycles. The lowest BCUT2D eigenvalue weighted by Gasteiger charge is -2.20. The average Bonchev–Trinajstić information content (AvgIpc) is 2.87. The molecule has 0 N–H and O–H groups in total. The van der Waals surface area contributed by atoms with Gasteiger partial charge in [0, 0.05) is 26.2 Å². The Bertz CT molecular complexity index is 450. The molecule has 1 aromatic rings. The van der Waals surface area contributed by atoms with Gasteiger partial charge in [0.1, 0.15) is 5.69 Å². The molecule has 100 valence electrons. The first-order valence-electron chi connectivity index (χ1n) is 6.68. The van der Waals surface area contributed by atoms with E-state index in [2.05, 4.69) is 16.9 Å². The van der Waals surface area contributed by atoms with Gasteiger partial charge < -0.3 is 9.64 Å². The summed E-state index contributed by atoms with van der Waals surface area (Å²) in [5.74, 6) is 0.590. The fourth-order valence-electron chi connectivity index (χ4n) is 2.11. The summed E-state index contributed by atoms with van der Waals surface area (Å²) in [7, 11) is 1.66. The van der Waals surface area contributed by atoms with Crippen molar-refractivity contribution in [3.8, 4) is 5.88 Å². The molecule has 5 heteroatoms. The highest BCUT2D eigenvalue weighted by molar-refractivity contribution is 5.54. The minimum Gasteiger partial charge on any atom is -0.475 e. The van der Waals surface area contributed by atoms with Crippen LogP contribution in [-0.4, -0.2) is 29.5 Å². The summed E-state index contributed by atoms with van der Waals surface area (Å²) in [5.41, 5.74) is 0.770. The molecular formula is C13H21N3O2. The molecule has 0 aromatic carbocycles. The second-order valence-corrected chi connectivity index (χ2v) is 4.69. The van der Waals surface area contributed by atoms with Crippen LogP contribution in [0.3, 0.4) is 0 Å². The van der Waals surface area contributed by atoms with E-state index >= 15 is 0 Å². The van der Waals surface area contributed by atoms with Crippen molar-refractivity contribution < 1.29 is 4.74 Å². The lowest BCUT2D eigenvalue weighted by Crippen LogP contribution is -2.26. The summed E-state index contributed by atoms with van der Waals surface area (Å²) in [6.07, 6.45) is 4.43. The van der Waals surface area contributed by atoms with E-state index in [0.717, 1.165) is 31.6 Å². The van der Waals surface area contributed by atoms with Gasteiger partial charge in [0.15, 0.2) is 0 Å². The van der Waals surface area contributed by atoms with Crippen molar-refractivity contribution in [1.29, 1.82) is 0 Å². The molecule has 0 radical (unpaired) electrons. The van der Waals surface area contributed by atoms with Gasteiger partial charge in [-0.15, -0.1) is 5.10 Å². The summed E-state index contributed by atoms with van der Waals surface area (Å²) in [6, 6.07) is 1.64. The van der Waals surface area contributed by atoms with Crippen LogP contribution in [0, 0.1) is 0 Å². The number of hydrogen-bond donors (Lipinski definition) is 0. The van der Waals surface area contributed by atoms with Crippen molar-refractivity contribution in [1.82, 2.24) is 9.78 Å². The molecule has 0 spiro atoms. The summed E-state index contributed by atoms with van der Waals surface area (Å²) in [5, 5.41) is 4.23. The van der Waals surface area contributed by atoms with E-state index in [1.807, 2.05) is 0 Å². The van der Waals surface area contributed by atoms with E-state index in [-0.39, 0.29) is 5.56 Å². The Kier molecular flexibility index (Phi) is 4.23. The van der Waals surface area contributed by atoms with Crippen LogP contribution >= 0.6 is 0 Å². The number of anilines is 1. The van der Waals surface area contributed by atoms with Crippen LogP contribution in [0.4, 0.5) is 5.69 Å². The van der Waals surface area contributed by atoms with Gasteiger partial charge in [0.2, 0.25) is 0 Å². The first kappa shape index (κ1) is 12.9. The Hall–Kier alpha value is -1.52. The lowest BCUT2D eigenvalue weighted by atomic mass is 10.3. The standard InChI is InChI=1S/C13H21N3O2/c1-3-4-9-18-13-11(16-7-5-6-8-16)10-12(17)15(2)14-13/h10H,3-9H2,1-2H3. The monoisotopic (exact) mass is 251 g/mol. The number of ether oxygens (including phenoxy) is 1. The quantitative estimate of drug-likeness (QED) is 0.745. The van der Waals surface area contributed by atoms with Crippen LogP contribution in [-0.2, 0) is 7.05 Å². The number of unbranched alkanes of at least 4 members (excludes halogenated alkanes) is 1. The maximum Gasteiger partial charge on any atom is 0.268 e. The topological polar surface area (TPSA) is 47.4 Å². The molecule has 1 aliphatic rings. The minimum atomic E-state index is -0.0836. The first-order valence-corrected chi connectivity index (χ1v) is 6.68. The Morgan fingerprint density at radius 2 is 2.11 bits per heavy atom. The SMILES string of the molecule is CCCCOc1nn(C)c(=O)cc1N1CCCC1. The highest BCUT2D eigenvalue weighted by atomic mass is 16.5. The highest BCUT2D eigenvalue weighted by Crippen LogP contribution is 2.27. The third kappa shape index (κ3) is 2.83. The van der Waals surface area contributed by atoms with Crippen molar-refractivity contribution in [3.63, 3.8) is 0 Å². The van der Waals surface area contributed by atoms with Crippen LogP contribution in [0.25, 0.3) is 0 Å². The molecule has 0 unspecified atom stereocenters. The van der Waals surface area contributed by atoms with Crippen molar-refractivity contribution in [2.45, 2.75) is 32.6 Å². The summed E-state index contributed by atoms with van der Waals surface area (Å²) in [4.78, 5) is 13.9. The molecule has 5 nitrogen and oxygen atoms in total. The molecule has 1 aromatic heterocycles. The minimum absolute atomic E-state index is 0.0836. The van der Waals surface area contributed by atoms with Crippen LogP contribution in [0.1, 0.15) is 32.6 Å². The predicted octanol–water partition coefficient (Wildman–Crippen LogP) is 1.56. The Balaban J connectivity index is 2.23. The largest absolute Gasteiger partial charge is 0.475 e. The average molecular weight is 251 g/mol. The van der Waals surface area contributed by atoms with Gasteiger partial charge in [-0.25, -0.2) is 4.68 Å². The van der Waals surface area contributed by atoms with Crippen molar-refractivity contribution in [2.24, 2.45) is 7.05 Å². The molecule has 18 heavy (non-hydrogen) atoms. The van der Waals surface area contributed by atoms with Crippen molar-refractivity contribution in [3.05, 3.63) is 16.4 Å². The van der Waals surface area contributed by atoms with E-state index in [4.69, 9.17) is 4.74 Å². The van der Waals surface area contributed by atoms with Gasteiger partial charge >= 0.3 is 0 Å². The summed E-state index contributed by atoms with van der Waals surface area (Å²) >= 11 is 0. The summed E-state index contributed by atoms with van der Waals surface area (Å²) in [6.45, 7) is 4.75. The van der Waals surface area contributed by atoms with Crippen LogP contribution < -0.4 is 15.2 Å². The van der Waals surface area contributed by atoms with Gasteiger partial charge in [-0.3, -0.25) is 4.79 Å². The zero-order valence-corrected chi connectivity index (χ0v) is 11.2. The van der Waals surface area contributed by atoms with E-state index in [1.54, 1.807) is 13.1 Å². The second kappa shape index (κ2) is 5.89. The van der Waals surface area contributed by atoms with Gasteiger partial charge in [0.05, 0.1) is 6.61 Å². The molecule has 0 atom stereocenters. The lowest BCUT2D eigenvalue weighted by molar-refractivity contribution is 0.290. The predicted molar refractivity (Wildman–Crippen MR) is 71.3 cm³/mol. The van der Waals surface area contributed by atoms with Gasteiger partial charge in [-0.05, 0) is 19.3 Å². The number of aromatic nitrogens is 2. The molecule has 2 heterocycles. The van der Waals surface area contributed by atoms with Crippen molar-refractivity contribution in [2.75, 3.05) is 24.6 Å². The fraction of sp³-hybridized carbons (Fsp3) is 0.692. The summed E-state index contributed by atoms with van der Waals surface area (Å²) < 4.78 is 7.05. The van der Waals surface area contributed by atoms with Crippen LogP contribution in [0.5, 0.6) is 5.88 Å². The van der Waals surface area contributed by atoms with E-state index in [0.29, 0.717) is 12.5 Å². The third-order valence-corrected chi connectivity index (χ3v) is 3.22. The molecular weight excluding hydrogens is 230 g/mol. The maximum absolute atomic E-state index is 11.7.